The zero-order valence-corrected chi connectivity index (χ0v) is 13.0. The number of guanidine groups is 1. The largest absolute Gasteiger partial charge is 0.353 e. The van der Waals surface area contributed by atoms with Crippen LogP contribution in [0, 0.1) is 0 Å². The molecule has 2 heterocycles. The Morgan fingerprint density at radius 3 is 2.75 bits per heavy atom. The Balaban J connectivity index is 1.89. The summed E-state index contributed by atoms with van der Waals surface area (Å²) in [5, 5.41) is 4.31. The summed E-state index contributed by atoms with van der Waals surface area (Å²) in [6, 6.07) is 0. The number of anilines is 1. The van der Waals surface area contributed by atoms with Crippen molar-refractivity contribution in [3.63, 3.8) is 0 Å². The van der Waals surface area contributed by atoms with Crippen LogP contribution in [0.5, 0.6) is 0 Å². The maximum absolute atomic E-state index is 4.55. The fraction of sp³-hybridized carbons (Fsp3) is 0.615. The highest BCUT2D eigenvalue weighted by Gasteiger charge is 2.21. The van der Waals surface area contributed by atoms with Crippen molar-refractivity contribution >= 4 is 22.6 Å². The van der Waals surface area contributed by atoms with E-state index in [2.05, 4.69) is 43.0 Å². The number of aromatic nitrogens is 2. The van der Waals surface area contributed by atoms with Crippen LogP contribution in [0.2, 0.25) is 0 Å². The van der Waals surface area contributed by atoms with Crippen LogP contribution in [0.4, 0.5) is 5.13 Å². The topological polar surface area (TPSA) is 56.7 Å². The van der Waals surface area contributed by atoms with Gasteiger partial charge in [-0.2, -0.15) is 4.37 Å². The molecular weight excluding hydrogens is 272 g/mol. The van der Waals surface area contributed by atoms with Crippen molar-refractivity contribution in [3.8, 4) is 0 Å². The Morgan fingerprint density at radius 2 is 2.20 bits per heavy atom. The van der Waals surface area contributed by atoms with Crippen molar-refractivity contribution in [2.45, 2.75) is 13.3 Å². The van der Waals surface area contributed by atoms with Gasteiger partial charge in [0.05, 0.1) is 0 Å². The molecule has 0 aromatic carbocycles. The van der Waals surface area contributed by atoms with E-state index >= 15 is 0 Å². The van der Waals surface area contributed by atoms with Gasteiger partial charge >= 0.3 is 0 Å². The average molecular weight is 294 g/mol. The zero-order chi connectivity index (χ0) is 14.4. The Morgan fingerprint density at radius 1 is 1.45 bits per heavy atom. The summed E-state index contributed by atoms with van der Waals surface area (Å²) in [6.45, 7) is 10.3. The van der Waals surface area contributed by atoms with Crippen LogP contribution in [0.1, 0.15) is 12.7 Å². The van der Waals surface area contributed by atoms with Crippen molar-refractivity contribution in [1.29, 1.82) is 0 Å². The van der Waals surface area contributed by atoms with Crippen LogP contribution in [0.15, 0.2) is 17.6 Å². The summed E-state index contributed by atoms with van der Waals surface area (Å²) in [5.41, 5.74) is 0. The van der Waals surface area contributed by atoms with Gasteiger partial charge in [-0.05, 0) is 0 Å². The molecule has 0 saturated carbocycles. The molecule has 6 nitrogen and oxygen atoms in total. The second-order valence-electron chi connectivity index (χ2n) is 4.54. The maximum Gasteiger partial charge on any atom is 0.205 e. The normalized spacial score (nSPS) is 16.4. The maximum atomic E-state index is 4.55. The molecule has 0 atom stereocenters. The monoisotopic (exact) mass is 294 g/mol. The summed E-state index contributed by atoms with van der Waals surface area (Å²) in [6.07, 6.45) is 2.74. The van der Waals surface area contributed by atoms with Crippen LogP contribution >= 0.6 is 11.5 Å². The Kier molecular flexibility index (Phi) is 5.34. The van der Waals surface area contributed by atoms with E-state index < -0.39 is 0 Å². The van der Waals surface area contributed by atoms with Gasteiger partial charge < -0.3 is 15.1 Å². The molecule has 0 unspecified atom stereocenters. The number of aliphatic imine (C=N–C) groups is 1. The first-order chi connectivity index (χ1) is 9.78. The summed E-state index contributed by atoms with van der Waals surface area (Å²) < 4.78 is 4.35. The highest BCUT2D eigenvalue weighted by Crippen LogP contribution is 2.19. The quantitative estimate of drug-likeness (QED) is 0.510. The van der Waals surface area contributed by atoms with Gasteiger partial charge in [0.2, 0.25) is 5.13 Å². The van der Waals surface area contributed by atoms with Gasteiger partial charge in [-0.3, -0.25) is 4.99 Å². The van der Waals surface area contributed by atoms with Gasteiger partial charge in [-0.25, -0.2) is 4.98 Å². The van der Waals surface area contributed by atoms with Crippen molar-refractivity contribution in [2.75, 3.05) is 44.7 Å². The van der Waals surface area contributed by atoms with E-state index in [9.17, 15) is 0 Å². The first-order valence-electron chi connectivity index (χ1n) is 6.92. The zero-order valence-electron chi connectivity index (χ0n) is 12.2. The Labute approximate surface area is 124 Å². The second kappa shape index (κ2) is 7.23. The molecule has 1 aliphatic rings. The van der Waals surface area contributed by atoms with E-state index in [4.69, 9.17) is 0 Å². The lowest BCUT2D eigenvalue weighted by atomic mass is 10.3. The average Bonchev–Trinajstić information content (AvgIpc) is 2.97. The van der Waals surface area contributed by atoms with Crippen LogP contribution in [0.3, 0.4) is 0 Å². The van der Waals surface area contributed by atoms with Gasteiger partial charge in [0, 0.05) is 57.7 Å². The molecular formula is C13H22N6S. The summed E-state index contributed by atoms with van der Waals surface area (Å²) in [5.74, 6) is 1.88. The van der Waals surface area contributed by atoms with E-state index in [-0.39, 0.29) is 0 Å². The van der Waals surface area contributed by atoms with Crippen LogP contribution in [0.25, 0.3) is 0 Å². The lowest BCUT2D eigenvalue weighted by Gasteiger charge is -2.36. The molecule has 110 valence electrons. The lowest BCUT2D eigenvalue weighted by Crippen LogP contribution is -2.52. The number of nitrogens with one attached hydrogen (secondary N) is 1. The Bertz CT molecular complexity index is 461. The fourth-order valence-electron chi connectivity index (χ4n) is 2.12. The van der Waals surface area contributed by atoms with E-state index in [1.54, 1.807) is 0 Å². The number of nitrogens with zero attached hydrogens (tertiary/aromatic N) is 5. The van der Waals surface area contributed by atoms with E-state index in [1.807, 2.05) is 13.1 Å². The van der Waals surface area contributed by atoms with Crippen LogP contribution in [-0.2, 0) is 6.42 Å². The van der Waals surface area contributed by atoms with Crippen molar-refractivity contribution in [1.82, 2.24) is 19.6 Å². The van der Waals surface area contributed by atoms with E-state index in [0.29, 0.717) is 0 Å². The summed E-state index contributed by atoms with van der Waals surface area (Å²) in [4.78, 5) is 13.4. The van der Waals surface area contributed by atoms with Gasteiger partial charge in [0.1, 0.15) is 5.82 Å². The molecule has 1 fully saturated rings. The highest BCUT2D eigenvalue weighted by atomic mass is 32.1. The van der Waals surface area contributed by atoms with Gasteiger partial charge in [0.25, 0.3) is 0 Å². The van der Waals surface area contributed by atoms with Crippen molar-refractivity contribution in [3.05, 3.63) is 18.5 Å². The minimum atomic E-state index is 0.739. The molecule has 2 rings (SSSR count). The van der Waals surface area contributed by atoms with Gasteiger partial charge in [-0.1, -0.05) is 13.0 Å². The molecule has 0 aliphatic carbocycles. The summed E-state index contributed by atoms with van der Waals surface area (Å²) in [7, 11) is 1.82. The molecule has 0 amide bonds. The molecule has 1 N–H and O–H groups in total. The number of hydrogen-bond donors (Lipinski definition) is 1. The highest BCUT2D eigenvalue weighted by molar-refractivity contribution is 7.09. The first-order valence-corrected chi connectivity index (χ1v) is 7.69. The standard InChI is InChI=1S/C13H22N6S/c1-4-6-15-12(14-3)18-7-9-19(10-8-18)13-16-11(5-2)17-20-13/h4H,1,5-10H2,2-3H3,(H,14,15). The van der Waals surface area contributed by atoms with E-state index in [1.165, 1.54) is 11.5 Å². The van der Waals surface area contributed by atoms with Crippen LogP contribution in [-0.4, -0.2) is 60.0 Å². The van der Waals surface area contributed by atoms with Gasteiger partial charge in [0.15, 0.2) is 5.96 Å². The van der Waals surface area contributed by atoms with Crippen molar-refractivity contribution < 1.29 is 0 Å². The van der Waals surface area contributed by atoms with Crippen LogP contribution < -0.4 is 10.2 Å². The smallest absolute Gasteiger partial charge is 0.205 e. The minimum Gasteiger partial charge on any atom is -0.353 e. The lowest BCUT2D eigenvalue weighted by molar-refractivity contribution is 0.374. The first kappa shape index (κ1) is 14.8. The third-order valence-electron chi connectivity index (χ3n) is 3.24. The number of hydrogen-bond acceptors (Lipinski definition) is 5. The molecule has 1 aromatic rings. The predicted octanol–water partition coefficient (Wildman–Crippen LogP) is 0.984. The molecule has 0 bridgehead atoms. The summed E-state index contributed by atoms with van der Waals surface area (Å²) >= 11 is 1.50. The molecule has 7 heteroatoms. The van der Waals surface area contributed by atoms with Gasteiger partial charge in [-0.15, -0.1) is 6.58 Å². The third kappa shape index (κ3) is 3.47. The fourth-order valence-corrected chi connectivity index (χ4v) is 2.92. The number of rotatable bonds is 4. The minimum absolute atomic E-state index is 0.739. The molecule has 1 saturated heterocycles. The molecule has 1 aromatic heterocycles. The van der Waals surface area contributed by atoms with Crippen molar-refractivity contribution in [2.24, 2.45) is 4.99 Å². The number of aryl methyl sites for hydroxylation is 1. The number of piperazine rings is 1. The molecule has 0 radical (unpaired) electrons. The molecule has 20 heavy (non-hydrogen) atoms. The second-order valence-corrected chi connectivity index (χ2v) is 5.27. The predicted molar refractivity (Wildman–Crippen MR) is 84.6 cm³/mol. The Hall–Kier alpha value is -1.63. The third-order valence-corrected chi connectivity index (χ3v) is 4.05. The molecule has 1 aliphatic heterocycles. The molecule has 0 spiro atoms. The van der Waals surface area contributed by atoms with E-state index in [0.717, 1.165) is 56.1 Å². The SMILES string of the molecule is C=CCNC(=NC)N1CCN(c2nc(CC)ns2)CC1.